The smallest absolute Gasteiger partial charge is 0.258 e. The first kappa shape index (κ1) is 14.1. The lowest BCUT2D eigenvalue weighted by Crippen LogP contribution is -2.29. The van der Waals surface area contributed by atoms with Gasteiger partial charge in [-0.1, -0.05) is 12.1 Å². The number of carbonyl (C=O) groups is 1. The summed E-state index contributed by atoms with van der Waals surface area (Å²) in [6.45, 7) is 4.21. The van der Waals surface area contributed by atoms with Crippen molar-refractivity contribution in [2.75, 3.05) is 20.3 Å². The third-order valence-corrected chi connectivity index (χ3v) is 2.30. The van der Waals surface area contributed by atoms with Gasteiger partial charge < -0.3 is 20.5 Å². The first-order valence-corrected chi connectivity index (χ1v) is 5.58. The Kier molecular flexibility index (Phi) is 5.73. The zero-order valence-electron chi connectivity index (χ0n) is 10.4. The number of rotatable bonds is 7. The number of hydrogen-bond donors (Lipinski definition) is 2. The Morgan fingerprint density at radius 3 is 2.94 bits per heavy atom. The van der Waals surface area contributed by atoms with E-state index < -0.39 is 0 Å². The highest BCUT2D eigenvalue weighted by molar-refractivity contribution is 5.77. The normalized spacial score (nSPS) is 9.67. The van der Waals surface area contributed by atoms with Gasteiger partial charge in [0.1, 0.15) is 11.5 Å². The molecule has 1 aromatic rings. The van der Waals surface area contributed by atoms with E-state index >= 15 is 0 Å². The molecule has 0 saturated carbocycles. The summed E-state index contributed by atoms with van der Waals surface area (Å²) in [5.41, 5.74) is 6.42. The van der Waals surface area contributed by atoms with Gasteiger partial charge in [-0.3, -0.25) is 4.79 Å². The highest BCUT2D eigenvalue weighted by Crippen LogP contribution is 2.24. The number of ether oxygens (including phenoxy) is 2. The summed E-state index contributed by atoms with van der Waals surface area (Å²) in [5, 5.41) is 2.62. The molecule has 18 heavy (non-hydrogen) atoms. The number of nitrogens with two attached hydrogens (primary N) is 1. The molecule has 0 aliphatic rings. The molecule has 3 N–H and O–H groups in total. The molecule has 0 aromatic heterocycles. The fourth-order valence-electron chi connectivity index (χ4n) is 1.35. The van der Waals surface area contributed by atoms with Crippen LogP contribution in [0.5, 0.6) is 11.5 Å². The lowest BCUT2D eigenvalue weighted by Gasteiger charge is -2.11. The highest BCUT2D eigenvalue weighted by atomic mass is 16.5. The molecular weight excluding hydrogens is 232 g/mol. The van der Waals surface area contributed by atoms with Gasteiger partial charge in [0.2, 0.25) is 0 Å². The van der Waals surface area contributed by atoms with Gasteiger partial charge in [-0.05, 0) is 6.07 Å². The zero-order chi connectivity index (χ0) is 13.4. The minimum atomic E-state index is -0.208. The number of carbonyl (C=O) groups excluding carboxylic acids is 1. The van der Waals surface area contributed by atoms with Crippen LogP contribution in [-0.4, -0.2) is 26.2 Å². The molecule has 0 bridgehead atoms. The molecule has 0 atom stereocenters. The molecule has 0 heterocycles. The van der Waals surface area contributed by atoms with E-state index in [2.05, 4.69) is 11.9 Å². The van der Waals surface area contributed by atoms with Crippen LogP contribution in [0.15, 0.2) is 30.9 Å². The third kappa shape index (κ3) is 4.10. The second-order valence-corrected chi connectivity index (χ2v) is 3.56. The van der Waals surface area contributed by atoms with Crippen molar-refractivity contribution >= 4 is 5.91 Å². The summed E-state index contributed by atoms with van der Waals surface area (Å²) >= 11 is 0. The number of benzene rings is 1. The van der Waals surface area contributed by atoms with E-state index in [1.165, 1.54) is 0 Å². The van der Waals surface area contributed by atoms with Gasteiger partial charge in [-0.15, -0.1) is 6.58 Å². The fraction of sp³-hybridized carbons (Fsp3) is 0.308. The summed E-state index contributed by atoms with van der Waals surface area (Å²) in [7, 11) is 1.57. The molecule has 0 radical (unpaired) electrons. The van der Waals surface area contributed by atoms with Crippen molar-refractivity contribution in [3.63, 3.8) is 0 Å². The van der Waals surface area contributed by atoms with Crippen molar-refractivity contribution in [3.8, 4) is 11.5 Å². The van der Waals surface area contributed by atoms with Crippen molar-refractivity contribution < 1.29 is 14.3 Å². The van der Waals surface area contributed by atoms with E-state index in [1.807, 2.05) is 6.07 Å². The second-order valence-electron chi connectivity index (χ2n) is 3.56. The number of hydrogen-bond acceptors (Lipinski definition) is 4. The Hall–Kier alpha value is -2.01. The lowest BCUT2D eigenvalue weighted by molar-refractivity contribution is -0.122. The molecule has 0 aliphatic heterocycles. The number of methoxy groups -OCH3 is 1. The zero-order valence-corrected chi connectivity index (χ0v) is 10.4. The maximum Gasteiger partial charge on any atom is 0.258 e. The third-order valence-electron chi connectivity index (χ3n) is 2.30. The van der Waals surface area contributed by atoms with E-state index in [-0.39, 0.29) is 12.5 Å². The number of amides is 1. The standard InChI is InChI=1S/C13H18N2O3/c1-3-6-15-13(16)9-18-12-7-11(17-2)5-4-10(12)8-14/h3-5,7H,1,6,8-9,14H2,2H3,(H,15,16). The molecule has 1 rings (SSSR count). The van der Waals surface area contributed by atoms with Crippen LogP contribution in [0.25, 0.3) is 0 Å². The maximum atomic E-state index is 11.4. The Labute approximate surface area is 107 Å². The highest BCUT2D eigenvalue weighted by Gasteiger charge is 2.07. The van der Waals surface area contributed by atoms with Crippen molar-refractivity contribution in [2.24, 2.45) is 5.73 Å². The maximum absolute atomic E-state index is 11.4. The van der Waals surface area contributed by atoms with Crippen molar-refractivity contribution in [2.45, 2.75) is 6.54 Å². The Morgan fingerprint density at radius 1 is 1.56 bits per heavy atom. The second kappa shape index (κ2) is 7.34. The summed E-state index contributed by atoms with van der Waals surface area (Å²) in [5.74, 6) is 1.01. The predicted octanol–water partition coefficient (Wildman–Crippen LogP) is 0.835. The molecule has 0 saturated heterocycles. The van der Waals surface area contributed by atoms with Crippen LogP contribution in [0.3, 0.4) is 0 Å². The van der Waals surface area contributed by atoms with E-state index in [1.54, 1.807) is 25.3 Å². The van der Waals surface area contributed by atoms with Crippen molar-refractivity contribution in [3.05, 3.63) is 36.4 Å². The van der Waals surface area contributed by atoms with E-state index in [9.17, 15) is 4.79 Å². The van der Waals surface area contributed by atoms with Crippen LogP contribution in [0.1, 0.15) is 5.56 Å². The van der Waals surface area contributed by atoms with Gasteiger partial charge in [0.05, 0.1) is 7.11 Å². The molecule has 1 aromatic carbocycles. The van der Waals surface area contributed by atoms with Crippen LogP contribution in [0.4, 0.5) is 0 Å². The minimum absolute atomic E-state index is 0.0615. The summed E-state index contributed by atoms with van der Waals surface area (Å²) < 4.78 is 10.5. The molecule has 5 heteroatoms. The van der Waals surface area contributed by atoms with Gasteiger partial charge in [0.25, 0.3) is 5.91 Å². The van der Waals surface area contributed by atoms with E-state index in [0.29, 0.717) is 24.6 Å². The Morgan fingerprint density at radius 2 is 2.33 bits per heavy atom. The monoisotopic (exact) mass is 250 g/mol. The summed E-state index contributed by atoms with van der Waals surface area (Å²) in [6.07, 6.45) is 1.61. The van der Waals surface area contributed by atoms with E-state index in [0.717, 1.165) is 5.56 Å². The molecule has 0 aliphatic carbocycles. The van der Waals surface area contributed by atoms with Gasteiger partial charge >= 0.3 is 0 Å². The first-order chi connectivity index (χ1) is 8.71. The van der Waals surface area contributed by atoms with Crippen LogP contribution in [-0.2, 0) is 11.3 Å². The molecular formula is C13H18N2O3. The number of nitrogens with one attached hydrogen (secondary N) is 1. The van der Waals surface area contributed by atoms with Crippen molar-refractivity contribution in [1.82, 2.24) is 5.32 Å². The van der Waals surface area contributed by atoms with Crippen LogP contribution in [0.2, 0.25) is 0 Å². The molecule has 98 valence electrons. The van der Waals surface area contributed by atoms with Gasteiger partial charge in [-0.2, -0.15) is 0 Å². The van der Waals surface area contributed by atoms with Gasteiger partial charge in [-0.25, -0.2) is 0 Å². The van der Waals surface area contributed by atoms with Gasteiger partial charge in [0.15, 0.2) is 6.61 Å². The lowest BCUT2D eigenvalue weighted by atomic mass is 10.2. The fourth-order valence-corrected chi connectivity index (χ4v) is 1.35. The predicted molar refractivity (Wildman–Crippen MR) is 69.6 cm³/mol. The van der Waals surface area contributed by atoms with Gasteiger partial charge in [0, 0.05) is 24.7 Å². The SMILES string of the molecule is C=CCNC(=O)COc1cc(OC)ccc1CN. The first-order valence-electron chi connectivity index (χ1n) is 5.58. The quantitative estimate of drug-likeness (QED) is 0.703. The Bertz CT molecular complexity index is 419. The Balaban J connectivity index is 2.64. The summed E-state index contributed by atoms with van der Waals surface area (Å²) in [6, 6.07) is 5.33. The van der Waals surface area contributed by atoms with Crippen LogP contribution in [0, 0.1) is 0 Å². The average Bonchev–Trinajstić information content (AvgIpc) is 2.42. The molecule has 1 amide bonds. The topological polar surface area (TPSA) is 73.6 Å². The van der Waals surface area contributed by atoms with Crippen molar-refractivity contribution in [1.29, 1.82) is 0 Å². The summed E-state index contributed by atoms with van der Waals surface area (Å²) in [4.78, 5) is 11.4. The molecule has 0 spiro atoms. The van der Waals surface area contributed by atoms with E-state index in [4.69, 9.17) is 15.2 Å². The van der Waals surface area contributed by atoms with Crippen LogP contribution >= 0.6 is 0 Å². The largest absolute Gasteiger partial charge is 0.497 e. The average molecular weight is 250 g/mol. The van der Waals surface area contributed by atoms with Crippen LogP contribution < -0.4 is 20.5 Å². The molecule has 0 fully saturated rings. The minimum Gasteiger partial charge on any atom is -0.497 e. The molecule has 0 unspecified atom stereocenters. The molecule has 5 nitrogen and oxygen atoms in total.